The highest BCUT2D eigenvalue weighted by Gasteiger charge is 2.29. The lowest BCUT2D eigenvalue weighted by Gasteiger charge is -2.23. The van der Waals surface area contributed by atoms with Gasteiger partial charge in [0.05, 0.1) is 5.71 Å². The van der Waals surface area contributed by atoms with Crippen LogP contribution in [0.4, 0.5) is 0 Å². The molecule has 1 N–H and O–H groups in total. The number of allylic oxidation sites excluding steroid dienone is 1. The van der Waals surface area contributed by atoms with Crippen molar-refractivity contribution < 1.29 is 14.3 Å². The molecule has 0 aliphatic rings. The van der Waals surface area contributed by atoms with Gasteiger partial charge in [-0.15, -0.1) is 0 Å². The molecule has 4 nitrogen and oxygen atoms in total. The Hall–Kier alpha value is -1.45. The molecular formula is C12H19NO3. The summed E-state index contributed by atoms with van der Waals surface area (Å²) in [6.45, 7) is 10.3. The van der Waals surface area contributed by atoms with Gasteiger partial charge in [-0.1, -0.05) is 13.5 Å². The van der Waals surface area contributed by atoms with Crippen LogP contribution in [0, 0.1) is 11.3 Å². The molecular weight excluding hydrogens is 206 g/mol. The second kappa shape index (κ2) is 5.58. The number of carbonyl (C=O) groups excluding carboxylic acids is 2. The second-order valence-corrected chi connectivity index (χ2v) is 4.48. The summed E-state index contributed by atoms with van der Waals surface area (Å²) in [5, 5.41) is 7.57. The van der Waals surface area contributed by atoms with E-state index in [4.69, 9.17) is 10.1 Å². The van der Waals surface area contributed by atoms with Crippen molar-refractivity contribution in [3.05, 3.63) is 12.7 Å². The van der Waals surface area contributed by atoms with Crippen molar-refractivity contribution in [3.63, 3.8) is 0 Å². The predicted octanol–water partition coefficient (Wildman–Crippen LogP) is 2.13. The van der Waals surface area contributed by atoms with Gasteiger partial charge in [0.2, 0.25) is 0 Å². The Balaban J connectivity index is 4.74. The molecule has 0 bridgehead atoms. The maximum absolute atomic E-state index is 11.7. The van der Waals surface area contributed by atoms with Gasteiger partial charge in [-0.25, -0.2) is 0 Å². The summed E-state index contributed by atoms with van der Waals surface area (Å²) in [4.78, 5) is 22.9. The van der Waals surface area contributed by atoms with Gasteiger partial charge in [0.15, 0.2) is 5.78 Å². The van der Waals surface area contributed by atoms with E-state index in [1.54, 1.807) is 27.7 Å². The molecule has 0 unspecified atom stereocenters. The van der Waals surface area contributed by atoms with E-state index in [9.17, 15) is 9.59 Å². The molecule has 0 spiro atoms. The van der Waals surface area contributed by atoms with Crippen molar-refractivity contribution in [2.24, 2.45) is 5.92 Å². The van der Waals surface area contributed by atoms with Crippen LogP contribution < -0.4 is 0 Å². The summed E-state index contributed by atoms with van der Waals surface area (Å²) in [5.74, 6) is -1.86. The summed E-state index contributed by atoms with van der Waals surface area (Å²) >= 11 is 0. The van der Waals surface area contributed by atoms with E-state index in [2.05, 4.69) is 6.58 Å². The Morgan fingerprint density at radius 2 is 1.94 bits per heavy atom. The van der Waals surface area contributed by atoms with Crippen molar-refractivity contribution in [1.82, 2.24) is 0 Å². The molecule has 90 valence electrons. The Kier molecular flexibility index (Phi) is 5.08. The molecule has 0 heterocycles. The van der Waals surface area contributed by atoms with Crippen LogP contribution in [0.5, 0.6) is 0 Å². The lowest BCUT2D eigenvalue weighted by molar-refractivity contribution is -0.157. The van der Waals surface area contributed by atoms with Crippen LogP contribution in [0.25, 0.3) is 0 Å². The third kappa shape index (κ3) is 4.38. The highest BCUT2D eigenvalue weighted by Crippen LogP contribution is 2.15. The zero-order valence-corrected chi connectivity index (χ0v) is 10.3. The highest BCUT2D eigenvalue weighted by atomic mass is 16.6. The zero-order valence-electron chi connectivity index (χ0n) is 10.3. The molecule has 1 atom stereocenters. The molecule has 0 saturated heterocycles. The van der Waals surface area contributed by atoms with Gasteiger partial charge in [-0.2, -0.15) is 0 Å². The topological polar surface area (TPSA) is 67.2 Å². The standard InChI is InChI=1S/C12H19NO3/c1-6-8(10(13)9(14)7-2)11(15)16-12(3,4)5/h7-8,13H,2,6H2,1,3-5H3/t8-/m1/s1. The first kappa shape index (κ1) is 14.6. The van der Waals surface area contributed by atoms with E-state index in [0.717, 1.165) is 6.08 Å². The van der Waals surface area contributed by atoms with Crippen molar-refractivity contribution in [2.45, 2.75) is 39.7 Å². The van der Waals surface area contributed by atoms with Crippen LogP contribution in [-0.2, 0) is 14.3 Å². The summed E-state index contributed by atoms with van der Waals surface area (Å²) in [7, 11) is 0. The summed E-state index contributed by atoms with van der Waals surface area (Å²) in [6.07, 6.45) is 1.41. The number of carbonyl (C=O) groups is 2. The van der Waals surface area contributed by atoms with Gasteiger partial charge in [0.25, 0.3) is 0 Å². The number of ketones is 1. The number of ether oxygens (including phenoxy) is 1. The molecule has 0 amide bonds. The Morgan fingerprint density at radius 1 is 1.44 bits per heavy atom. The third-order valence-electron chi connectivity index (χ3n) is 1.90. The smallest absolute Gasteiger partial charge is 0.315 e. The quantitative estimate of drug-likeness (QED) is 0.443. The van der Waals surface area contributed by atoms with Crippen LogP contribution in [0.1, 0.15) is 34.1 Å². The van der Waals surface area contributed by atoms with Crippen LogP contribution in [-0.4, -0.2) is 23.1 Å². The Morgan fingerprint density at radius 3 is 2.25 bits per heavy atom. The van der Waals surface area contributed by atoms with Crippen LogP contribution in [0.15, 0.2) is 12.7 Å². The van der Waals surface area contributed by atoms with Crippen LogP contribution >= 0.6 is 0 Å². The summed E-state index contributed by atoms with van der Waals surface area (Å²) in [6, 6.07) is 0. The van der Waals surface area contributed by atoms with Gasteiger partial charge in [-0.05, 0) is 33.3 Å². The van der Waals surface area contributed by atoms with E-state index in [0.29, 0.717) is 6.42 Å². The van der Waals surface area contributed by atoms with E-state index >= 15 is 0 Å². The van der Waals surface area contributed by atoms with E-state index in [1.165, 1.54) is 0 Å². The summed E-state index contributed by atoms with van der Waals surface area (Å²) in [5.41, 5.74) is -0.867. The number of rotatable bonds is 5. The average molecular weight is 225 g/mol. The lowest BCUT2D eigenvalue weighted by atomic mass is 9.97. The van der Waals surface area contributed by atoms with E-state index in [-0.39, 0.29) is 5.71 Å². The average Bonchev–Trinajstić information content (AvgIpc) is 2.14. The third-order valence-corrected chi connectivity index (χ3v) is 1.90. The number of nitrogens with one attached hydrogen (secondary N) is 1. The number of hydrogen-bond acceptors (Lipinski definition) is 4. The Bertz CT molecular complexity index is 313. The van der Waals surface area contributed by atoms with Gasteiger partial charge < -0.3 is 10.1 Å². The van der Waals surface area contributed by atoms with Gasteiger partial charge in [0, 0.05) is 0 Å². The minimum Gasteiger partial charge on any atom is -0.459 e. The van der Waals surface area contributed by atoms with Crippen LogP contribution in [0.2, 0.25) is 0 Å². The highest BCUT2D eigenvalue weighted by molar-refractivity contribution is 6.45. The Labute approximate surface area is 96.2 Å². The first-order valence-corrected chi connectivity index (χ1v) is 5.21. The van der Waals surface area contributed by atoms with Gasteiger partial charge in [0.1, 0.15) is 11.5 Å². The molecule has 0 fully saturated rings. The molecule has 0 rings (SSSR count). The van der Waals surface area contributed by atoms with Crippen molar-refractivity contribution in [1.29, 1.82) is 5.41 Å². The largest absolute Gasteiger partial charge is 0.459 e. The molecule has 0 aromatic carbocycles. The fraction of sp³-hybridized carbons (Fsp3) is 0.583. The minimum atomic E-state index is -0.801. The first-order chi connectivity index (χ1) is 7.22. The van der Waals surface area contributed by atoms with Gasteiger partial charge >= 0.3 is 5.97 Å². The maximum Gasteiger partial charge on any atom is 0.315 e. The SMILES string of the molecule is C=CC(=O)C(=N)[C@@H](CC)C(=O)OC(C)(C)C. The number of esters is 1. The molecule has 0 aromatic heterocycles. The molecule has 4 heteroatoms. The van der Waals surface area contributed by atoms with Crippen LogP contribution in [0.3, 0.4) is 0 Å². The van der Waals surface area contributed by atoms with Gasteiger partial charge in [-0.3, -0.25) is 9.59 Å². The second-order valence-electron chi connectivity index (χ2n) is 4.48. The van der Waals surface area contributed by atoms with Crippen molar-refractivity contribution in [3.8, 4) is 0 Å². The van der Waals surface area contributed by atoms with Crippen molar-refractivity contribution >= 4 is 17.5 Å². The van der Waals surface area contributed by atoms with Crippen molar-refractivity contribution in [2.75, 3.05) is 0 Å². The first-order valence-electron chi connectivity index (χ1n) is 5.21. The lowest BCUT2D eigenvalue weighted by Crippen LogP contribution is -2.34. The fourth-order valence-electron chi connectivity index (χ4n) is 1.14. The molecule has 0 aliphatic heterocycles. The molecule has 0 saturated carbocycles. The minimum absolute atomic E-state index is 0.258. The van der Waals surface area contributed by atoms with E-state index in [1.807, 2.05) is 0 Å². The number of hydrogen-bond donors (Lipinski definition) is 1. The maximum atomic E-state index is 11.7. The normalized spacial score (nSPS) is 12.8. The monoisotopic (exact) mass is 225 g/mol. The molecule has 0 aromatic rings. The summed E-state index contributed by atoms with van der Waals surface area (Å²) < 4.78 is 5.14. The van der Waals surface area contributed by atoms with E-state index < -0.39 is 23.3 Å². The molecule has 0 aliphatic carbocycles. The molecule has 0 radical (unpaired) electrons. The predicted molar refractivity (Wildman–Crippen MR) is 62.6 cm³/mol. The molecule has 16 heavy (non-hydrogen) atoms. The zero-order chi connectivity index (χ0) is 12.9. The fourth-order valence-corrected chi connectivity index (χ4v) is 1.14.